The van der Waals surface area contributed by atoms with Crippen molar-refractivity contribution in [2.45, 2.75) is 51.5 Å². The number of amides is 1. The molecule has 3 aromatic carbocycles. The van der Waals surface area contributed by atoms with Crippen molar-refractivity contribution >= 4 is 21.6 Å². The first-order valence-corrected chi connectivity index (χ1v) is 13.6. The SMILES string of the molecule is COc1ccc(N(CC(=O)N[C@H](C)c2cc(C(C)C)c(OC)cc2C)S(=O)(=O)c2ccc(C)cc2)cc1. The maximum Gasteiger partial charge on any atom is 0.264 e. The maximum atomic E-state index is 13.6. The Morgan fingerprint density at radius 3 is 2.05 bits per heavy atom. The predicted molar refractivity (Wildman–Crippen MR) is 147 cm³/mol. The van der Waals surface area contributed by atoms with Gasteiger partial charge in [0.15, 0.2) is 0 Å². The highest BCUT2D eigenvalue weighted by Crippen LogP contribution is 2.32. The Bertz CT molecular complexity index is 1330. The fourth-order valence-corrected chi connectivity index (χ4v) is 5.63. The fraction of sp³-hybridized carbons (Fsp3) is 0.345. The van der Waals surface area contributed by atoms with Gasteiger partial charge in [0.2, 0.25) is 5.91 Å². The van der Waals surface area contributed by atoms with Crippen LogP contribution in [-0.4, -0.2) is 35.1 Å². The van der Waals surface area contributed by atoms with Gasteiger partial charge < -0.3 is 14.8 Å². The minimum Gasteiger partial charge on any atom is -0.497 e. The molecule has 8 heteroatoms. The Hall–Kier alpha value is -3.52. The van der Waals surface area contributed by atoms with Gasteiger partial charge in [0, 0.05) is 0 Å². The molecule has 3 rings (SSSR count). The minimum absolute atomic E-state index is 0.113. The van der Waals surface area contributed by atoms with Gasteiger partial charge in [0.25, 0.3) is 10.0 Å². The van der Waals surface area contributed by atoms with Crippen molar-refractivity contribution in [3.8, 4) is 11.5 Å². The van der Waals surface area contributed by atoms with Crippen LogP contribution in [0.2, 0.25) is 0 Å². The molecule has 0 aromatic heterocycles. The standard InChI is InChI=1S/C29H36N2O5S/c1-19(2)26-17-27(21(4)16-28(26)36-7)22(5)30-29(32)18-31(23-10-12-24(35-6)13-11-23)37(33,34)25-14-8-20(3)9-15-25/h8-17,19,22H,18H2,1-7H3,(H,30,32)/t22-/m1/s1. The molecule has 198 valence electrons. The van der Waals surface area contributed by atoms with Gasteiger partial charge in [-0.15, -0.1) is 0 Å². The Morgan fingerprint density at radius 2 is 1.51 bits per heavy atom. The number of carbonyl (C=O) groups is 1. The van der Waals surface area contributed by atoms with Crippen molar-refractivity contribution in [3.05, 3.63) is 82.9 Å². The van der Waals surface area contributed by atoms with E-state index in [0.717, 1.165) is 32.3 Å². The van der Waals surface area contributed by atoms with E-state index in [-0.39, 0.29) is 23.4 Å². The first-order valence-electron chi connectivity index (χ1n) is 12.2. The smallest absolute Gasteiger partial charge is 0.264 e. The molecule has 0 aliphatic heterocycles. The Labute approximate surface area is 220 Å². The van der Waals surface area contributed by atoms with Crippen LogP contribution in [0, 0.1) is 13.8 Å². The molecular weight excluding hydrogens is 488 g/mol. The molecule has 0 aliphatic rings. The zero-order chi connectivity index (χ0) is 27.3. The van der Waals surface area contributed by atoms with Gasteiger partial charge in [-0.25, -0.2) is 8.42 Å². The number of carbonyl (C=O) groups excluding carboxylic acids is 1. The number of nitrogens with zero attached hydrogens (tertiary/aromatic N) is 1. The summed E-state index contributed by atoms with van der Waals surface area (Å²) in [6.45, 7) is 9.54. The van der Waals surface area contributed by atoms with Crippen LogP contribution in [0.25, 0.3) is 0 Å². The van der Waals surface area contributed by atoms with Crippen LogP contribution in [0.3, 0.4) is 0 Å². The minimum atomic E-state index is -4.01. The third-order valence-corrected chi connectivity index (χ3v) is 8.13. The van der Waals surface area contributed by atoms with E-state index in [1.54, 1.807) is 55.6 Å². The van der Waals surface area contributed by atoms with Gasteiger partial charge in [0.1, 0.15) is 18.0 Å². The van der Waals surface area contributed by atoms with E-state index in [9.17, 15) is 13.2 Å². The third-order valence-electron chi connectivity index (χ3n) is 6.34. The number of aryl methyl sites for hydroxylation is 2. The first-order chi connectivity index (χ1) is 17.5. The first kappa shape index (κ1) is 28.1. The molecule has 37 heavy (non-hydrogen) atoms. The molecule has 0 radical (unpaired) electrons. The zero-order valence-electron chi connectivity index (χ0n) is 22.5. The summed E-state index contributed by atoms with van der Waals surface area (Å²) in [6, 6.07) is 16.9. The third kappa shape index (κ3) is 6.43. The van der Waals surface area contributed by atoms with Crippen molar-refractivity contribution in [3.63, 3.8) is 0 Å². The molecule has 0 spiro atoms. The number of hydrogen-bond acceptors (Lipinski definition) is 5. The molecule has 1 atom stereocenters. The van der Waals surface area contributed by atoms with E-state index in [1.165, 1.54) is 7.11 Å². The number of hydrogen-bond donors (Lipinski definition) is 1. The lowest BCUT2D eigenvalue weighted by Crippen LogP contribution is -2.41. The van der Waals surface area contributed by atoms with E-state index in [1.807, 2.05) is 32.9 Å². The average Bonchev–Trinajstić information content (AvgIpc) is 2.87. The Kier molecular flexibility index (Phi) is 8.86. The Balaban J connectivity index is 1.92. The lowest BCUT2D eigenvalue weighted by Gasteiger charge is -2.26. The molecule has 0 fully saturated rings. The second-order valence-corrected chi connectivity index (χ2v) is 11.3. The molecule has 0 saturated carbocycles. The molecule has 1 amide bonds. The number of sulfonamides is 1. The summed E-state index contributed by atoms with van der Waals surface area (Å²) in [5.74, 6) is 1.22. The number of anilines is 1. The van der Waals surface area contributed by atoms with E-state index in [4.69, 9.17) is 9.47 Å². The summed E-state index contributed by atoms with van der Waals surface area (Å²) in [6.07, 6.45) is 0. The number of methoxy groups -OCH3 is 2. The van der Waals surface area contributed by atoms with Crippen molar-refractivity contribution in [1.29, 1.82) is 0 Å². The van der Waals surface area contributed by atoms with Crippen LogP contribution >= 0.6 is 0 Å². The van der Waals surface area contributed by atoms with E-state index >= 15 is 0 Å². The van der Waals surface area contributed by atoms with Crippen LogP contribution in [0.5, 0.6) is 11.5 Å². The number of nitrogens with one attached hydrogen (secondary N) is 1. The highest BCUT2D eigenvalue weighted by molar-refractivity contribution is 7.92. The quantitative estimate of drug-likeness (QED) is 0.378. The summed E-state index contributed by atoms with van der Waals surface area (Å²) in [5.41, 5.74) is 4.29. The van der Waals surface area contributed by atoms with Gasteiger partial charge in [0.05, 0.1) is 30.8 Å². The van der Waals surface area contributed by atoms with Crippen LogP contribution < -0.4 is 19.1 Å². The molecule has 1 N–H and O–H groups in total. The Morgan fingerprint density at radius 1 is 0.892 bits per heavy atom. The summed E-state index contributed by atoms with van der Waals surface area (Å²) >= 11 is 0. The summed E-state index contributed by atoms with van der Waals surface area (Å²) in [4.78, 5) is 13.4. The number of ether oxygens (including phenoxy) is 2. The lowest BCUT2D eigenvalue weighted by atomic mass is 9.93. The molecular formula is C29H36N2O5S. The van der Waals surface area contributed by atoms with Crippen LogP contribution in [0.1, 0.15) is 55.0 Å². The average molecular weight is 525 g/mol. The van der Waals surface area contributed by atoms with Crippen molar-refractivity contribution in [2.24, 2.45) is 0 Å². The summed E-state index contributed by atoms with van der Waals surface area (Å²) in [7, 11) is -0.821. The normalized spacial score (nSPS) is 12.2. The number of rotatable bonds is 10. The predicted octanol–water partition coefficient (Wildman–Crippen LogP) is 5.52. The van der Waals surface area contributed by atoms with E-state index in [0.29, 0.717) is 11.4 Å². The van der Waals surface area contributed by atoms with Gasteiger partial charge >= 0.3 is 0 Å². The second-order valence-electron chi connectivity index (χ2n) is 9.42. The van der Waals surface area contributed by atoms with E-state index in [2.05, 4.69) is 19.2 Å². The fourth-order valence-electron chi connectivity index (χ4n) is 4.21. The zero-order valence-corrected chi connectivity index (χ0v) is 23.3. The lowest BCUT2D eigenvalue weighted by molar-refractivity contribution is -0.120. The largest absolute Gasteiger partial charge is 0.497 e. The highest BCUT2D eigenvalue weighted by Gasteiger charge is 2.28. The van der Waals surface area contributed by atoms with Crippen LogP contribution in [0.15, 0.2) is 65.6 Å². The topological polar surface area (TPSA) is 84.9 Å². The molecule has 0 aliphatic carbocycles. The van der Waals surface area contributed by atoms with Crippen molar-refractivity contribution < 1.29 is 22.7 Å². The number of benzene rings is 3. The molecule has 0 heterocycles. The second kappa shape index (κ2) is 11.7. The monoisotopic (exact) mass is 524 g/mol. The molecule has 7 nitrogen and oxygen atoms in total. The molecule has 3 aromatic rings. The van der Waals surface area contributed by atoms with E-state index < -0.39 is 15.9 Å². The van der Waals surface area contributed by atoms with Gasteiger partial charge in [-0.1, -0.05) is 31.5 Å². The van der Waals surface area contributed by atoms with Gasteiger partial charge in [-0.3, -0.25) is 9.10 Å². The van der Waals surface area contributed by atoms with Gasteiger partial charge in [-0.05, 0) is 91.9 Å². The molecule has 0 unspecified atom stereocenters. The van der Waals surface area contributed by atoms with Crippen molar-refractivity contribution in [2.75, 3.05) is 25.1 Å². The summed E-state index contributed by atoms with van der Waals surface area (Å²) in [5, 5.41) is 2.99. The van der Waals surface area contributed by atoms with Crippen molar-refractivity contribution in [1.82, 2.24) is 5.32 Å². The van der Waals surface area contributed by atoms with Crippen LogP contribution in [0.4, 0.5) is 5.69 Å². The van der Waals surface area contributed by atoms with Gasteiger partial charge in [-0.2, -0.15) is 0 Å². The highest BCUT2D eigenvalue weighted by atomic mass is 32.2. The maximum absolute atomic E-state index is 13.6. The molecule has 0 saturated heterocycles. The van der Waals surface area contributed by atoms with Crippen LogP contribution in [-0.2, 0) is 14.8 Å². The summed E-state index contributed by atoms with van der Waals surface area (Å²) < 4.78 is 39.1. The molecule has 0 bridgehead atoms.